The maximum absolute atomic E-state index is 12.9. The lowest BCUT2D eigenvalue weighted by Crippen LogP contribution is -2.12. The Morgan fingerprint density at radius 3 is 2.22 bits per heavy atom. The van der Waals surface area contributed by atoms with Crippen LogP contribution in [0.2, 0.25) is 0 Å². The Labute approximate surface area is 102 Å². The fraction of sp³-hybridized carbons (Fsp3) is 0.154. The van der Waals surface area contributed by atoms with E-state index in [9.17, 15) is 13.2 Å². The van der Waals surface area contributed by atoms with E-state index in [1.807, 2.05) is 0 Å². The van der Waals surface area contributed by atoms with Crippen molar-refractivity contribution in [3.63, 3.8) is 0 Å². The molecule has 0 bridgehead atoms. The lowest BCUT2D eigenvalue weighted by atomic mass is 9.99. The molecule has 0 spiro atoms. The first-order chi connectivity index (χ1) is 8.52. The molecule has 1 heterocycles. The minimum absolute atomic E-state index is 0.0975. The Bertz CT molecular complexity index is 536. The summed E-state index contributed by atoms with van der Waals surface area (Å²) < 4.78 is 38.6. The molecule has 0 aliphatic heterocycles. The van der Waals surface area contributed by atoms with Crippen LogP contribution >= 0.6 is 0 Å². The summed E-state index contributed by atoms with van der Waals surface area (Å²) in [6.45, 7) is -0.133. The number of rotatable bonds is 2. The van der Waals surface area contributed by atoms with Crippen molar-refractivity contribution >= 4 is 0 Å². The number of benzene rings is 1. The molecule has 0 aliphatic carbocycles. The van der Waals surface area contributed by atoms with Crippen LogP contribution in [0.15, 0.2) is 42.7 Å². The molecule has 0 unspecified atom stereocenters. The van der Waals surface area contributed by atoms with Crippen LogP contribution in [0.4, 0.5) is 13.2 Å². The van der Waals surface area contributed by atoms with Crippen LogP contribution in [0.5, 0.6) is 0 Å². The highest BCUT2D eigenvalue weighted by atomic mass is 19.4. The zero-order chi connectivity index (χ0) is 13.2. The predicted molar refractivity (Wildman–Crippen MR) is 62.6 cm³/mol. The molecule has 2 rings (SSSR count). The molecule has 0 amide bonds. The Morgan fingerprint density at radius 2 is 1.67 bits per heavy atom. The fourth-order valence-electron chi connectivity index (χ4n) is 1.74. The summed E-state index contributed by atoms with van der Waals surface area (Å²) in [4.78, 5) is 3.83. The van der Waals surface area contributed by atoms with Gasteiger partial charge in [0, 0.05) is 18.9 Å². The molecular weight excluding hydrogens is 241 g/mol. The summed E-state index contributed by atoms with van der Waals surface area (Å²) in [5, 5.41) is 0. The fourth-order valence-corrected chi connectivity index (χ4v) is 1.74. The van der Waals surface area contributed by atoms with Gasteiger partial charge in [-0.05, 0) is 34.9 Å². The van der Waals surface area contributed by atoms with Gasteiger partial charge in [0.1, 0.15) is 0 Å². The molecule has 1 aromatic carbocycles. The van der Waals surface area contributed by atoms with Crippen molar-refractivity contribution in [3.05, 3.63) is 53.9 Å². The lowest BCUT2D eigenvalue weighted by molar-refractivity contribution is -0.138. The summed E-state index contributed by atoms with van der Waals surface area (Å²) >= 11 is 0. The number of hydrogen-bond donors (Lipinski definition) is 1. The summed E-state index contributed by atoms with van der Waals surface area (Å²) in [6.07, 6.45) is -1.31. The van der Waals surface area contributed by atoms with E-state index in [-0.39, 0.29) is 12.1 Å². The van der Waals surface area contributed by atoms with Gasteiger partial charge in [-0.2, -0.15) is 13.2 Å². The van der Waals surface area contributed by atoms with Gasteiger partial charge in [0.25, 0.3) is 0 Å². The van der Waals surface area contributed by atoms with Crippen LogP contribution in [-0.4, -0.2) is 4.98 Å². The molecule has 1 aromatic heterocycles. The van der Waals surface area contributed by atoms with Crippen molar-refractivity contribution in [2.75, 3.05) is 0 Å². The molecule has 0 atom stereocenters. The summed E-state index contributed by atoms with van der Waals surface area (Å²) in [6, 6.07) is 7.50. The first kappa shape index (κ1) is 12.6. The zero-order valence-electron chi connectivity index (χ0n) is 9.41. The van der Waals surface area contributed by atoms with Gasteiger partial charge in [0.2, 0.25) is 0 Å². The Morgan fingerprint density at radius 1 is 1.00 bits per heavy atom. The molecule has 0 radical (unpaired) electrons. The van der Waals surface area contributed by atoms with Crippen LogP contribution < -0.4 is 5.73 Å². The van der Waals surface area contributed by atoms with Gasteiger partial charge in [-0.25, -0.2) is 0 Å². The third-order valence-corrected chi connectivity index (χ3v) is 2.65. The second-order valence-corrected chi connectivity index (χ2v) is 3.81. The maximum atomic E-state index is 12.9. The van der Waals surface area contributed by atoms with Crippen molar-refractivity contribution in [3.8, 4) is 11.1 Å². The molecule has 0 saturated heterocycles. The molecule has 0 fully saturated rings. The van der Waals surface area contributed by atoms with Crippen LogP contribution in [0, 0.1) is 0 Å². The average Bonchev–Trinajstić information content (AvgIpc) is 2.38. The van der Waals surface area contributed by atoms with Crippen molar-refractivity contribution in [2.24, 2.45) is 5.73 Å². The maximum Gasteiger partial charge on any atom is 0.416 e. The van der Waals surface area contributed by atoms with Gasteiger partial charge >= 0.3 is 6.18 Å². The molecular formula is C13H11F3N2. The number of halogens is 3. The Balaban J connectivity index is 2.53. The minimum atomic E-state index is -4.39. The smallest absolute Gasteiger partial charge is 0.326 e. The van der Waals surface area contributed by atoms with Gasteiger partial charge in [-0.3, -0.25) is 4.98 Å². The first-order valence-electron chi connectivity index (χ1n) is 5.33. The average molecular weight is 252 g/mol. The second kappa shape index (κ2) is 4.78. The van der Waals surface area contributed by atoms with E-state index >= 15 is 0 Å². The number of alkyl halides is 3. The number of aromatic nitrogens is 1. The van der Waals surface area contributed by atoms with E-state index < -0.39 is 11.7 Å². The molecule has 2 N–H and O–H groups in total. The first-order valence-corrected chi connectivity index (χ1v) is 5.33. The highest BCUT2D eigenvalue weighted by Crippen LogP contribution is 2.34. The van der Waals surface area contributed by atoms with Crippen LogP contribution in [-0.2, 0) is 12.7 Å². The largest absolute Gasteiger partial charge is 0.416 e. The number of hydrogen-bond acceptors (Lipinski definition) is 2. The van der Waals surface area contributed by atoms with Crippen LogP contribution in [0.3, 0.4) is 0 Å². The van der Waals surface area contributed by atoms with Crippen molar-refractivity contribution in [2.45, 2.75) is 12.7 Å². The monoisotopic (exact) mass is 252 g/mol. The van der Waals surface area contributed by atoms with E-state index in [0.29, 0.717) is 11.1 Å². The van der Waals surface area contributed by atoms with Gasteiger partial charge in [-0.15, -0.1) is 0 Å². The predicted octanol–water partition coefficient (Wildman–Crippen LogP) is 3.23. The summed E-state index contributed by atoms with van der Waals surface area (Å²) in [7, 11) is 0. The number of nitrogens with two attached hydrogens (primary N) is 1. The highest BCUT2D eigenvalue weighted by molar-refractivity contribution is 5.64. The van der Waals surface area contributed by atoms with Gasteiger partial charge in [0.15, 0.2) is 0 Å². The molecule has 94 valence electrons. The second-order valence-electron chi connectivity index (χ2n) is 3.81. The summed E-state index contributed by atoms with van der Waals surface area (Å²) in [5.41, 5.74) is 5.94. The van der Waals surface area contributed by atoms with E-state index in [4.69, 9.17) is 5.73 Å². The summed E-state index contributed by atoms with van der Waals surface area (Å²) in [5.74, 6) is 0. The molecule has 2 nitrogen and oxygen atoms in total. The topological polar surface area (TPSA) is 38.9 Å². The normalized spacial score (nSPS) is 11.6. The van der Waals surface area contributed by atoms with Crippen LogP contribution in [0.25, 0.3) is 11.1 Å². The molecule has 18 heavy (non-hydrogen) atoms. The molecule has 0 aliphatic rings. The molecule has 0 saturated carbocycles. The molecule has 5 heteroatoms. The van der Waals surface area contributed by atoms with Gasteiger partial charge < -0.3 is 5.73 Å². The number of nitrogens with zero attached hydrogens (tertiary/aromatic N) is 1. The third kappa shape index (κ3) is 2.51. The van der Waals surface area contributed by atoms with Crippen LogP contribution in [0.1, 0.15) is 11.1 Å². The number of pyridine rings is 1. The zero-order valence-corrected chi connectivity index (χ0v) is 9.41. The van der Waals surface area contributed by atoms with Gasteiger partial charge in [0.05, 0.1) is 5.56 Å². The standard InChI is InChI=1S/C13H11F3N2/c14-13(15,16)12-7-10(1-2-11(12)8-17)9-3-5-18-6-4-9/h1-7H,8,17H2. The van der Waals surface area contributed by atoms with Crippen molar-refractivity contribution in [1.29, 1.82) is 0 Å². The Hall–Kier alpha value is -1.88. The van der Waals surface area contributed by atoms with Crippen molar-refractivity contribution < 1.29 is 13.2 Å². The minimum Gasteiger partial charge on any atom is -0.326 e. The van der Waals surface area contributed by atoms with Crippen molar-refractivity contribution in [1.82, 2.24) is 4.98 Å². The molecule has 2 aromatic rings. The lowest BCUT2D eigenvalue weighted by Gasteiger charge is -2.13. The quantitative estimate of drug-likeness (QED) is 0.891. The highest BCUT2D eigenvalue weighted by Gasteiger charge is 2.33. The Kier molecular flexibility index (Phi) is 3.34. The third-order valence-electron chi connectivity index (χ3n) is 2.65. The van der Waals surface area contributed by atoms with E-state index in [0.717, 1.165) is 6.07 Å². The van der Waals surface area contributed by atoms with Gasteiger partial charge in [-0.1, -0.05) is 12.1 Å². The van der Waals surface area contributed by atoms with E-state index in [2.05, 4.69) is 4.98 Å². The van der Waals surface area contributed by atoms with E-state index in [1.165, 1.54) is 6.07 Å². The van der Waals surface area contributed by atoms with E-state index in [1.54, 1.807) is 30.6 Å². The SMILES string of the molecule is NCc1ccc(-c2ccncc2)cc1C(F)(F)F.